The molecule has 2 N–H and O–H groups in total. The van der Waals surface area contributed by atoms with Crippen LogP contribution < -0.4 is 5.73 Å². The summed E-state index contributed by atoms with van der Waals surface area (Å²) in [7, 11) is 1.78. The fourth-order valence-corrected chi connectivity index (χ4v) is 7.49. The van der Waals surface area contributed by atoms with Gasteiger partial charge in [-0.05, 0) is 79.8 Å². The SMILES string of the molecule is COC1CCC2(CC1)Cc1ccc(C#CC3CC3)cc1C21N=C(N)N(Cc2cccc(-c3nccs3)c2)C1=O. The second-order valence-electron chi connectivity index (χ2n) is 11.4. The quantitative estimate of drug-likeness (QED) is 0.462. The van der Waals surface area contributed by atoms with Gasteiger partial charge in [-0.1, -0.05) is 36.1 Å². The number of amides is 1. The highest BCUT2D eigenvalue weighted by molar-refractivity contribution is 7.13. The molecule has 1 aromatic heterocycles. The summed E-state index contributed by atoms with van der Waals surface area (Å²) in [4.78, 5) is 26.0. The molecule has 1 amide bonds. The number of nitrogens with zero attached hydrogens (tertiary/aromatic N) is 3. The second-order valence-corrected chi connectivity index (χ2v) is 12.3. The zero-order valence-electron chi connectivity index (χ0n) is 22.2. The molecule has 7 rings (SSSR count). The van der Waals surface area contributed by atoms with Crippen LogP contribution in [0.5, 0.6) is 0 Å². The van der Waals surface area contributed by atoms with Gasteiger partial charge in [-0.2, -0.15) is 0 Å². The number of ether oxygens (including phenoxy) is 1. The van der Waals surface area contributed by atoms with Crippen LogP contribution in [0, 0.1) is 23.2 Å². The first-order valence-corrected chi connectivity index (χ1v) is 14.7. The maximum Gasteiger partial charge on any atom is 0.262 e. The molecular weight excluding hydrogens is 504 g/mol. The Kier molecular flexibility index (Phi) is 5.87. The van der Waals surface area contributed by atoms with E-state index in [2.05, 4.69) is 41.1 Å². The fourth-order valence-electron chi connectivity index (χ4n) is 6.86. The predicted molar refractivity (Wildman–Crippen MR) is 153 cm³/mol. The largest absolute Gasteiger partial charge is 0.381 e. The lowest BCUT2D eigenvalue weighted by molar-refractivity contribution is -0.138. The highest BCUT2D eigenvalue weighted by atomic mass is 32.1. The Morgan fingerprint density at radius 2 is 2.00 bits per heavy atom. The Bertz CT molecular complexity index is 1520. The molecule has 2 saturated carbocycles. The number of aromatic nitrogens is 1. The standard InChI is InChI=1S/C32H32N4O2S/c1-38-26-11-13-31(14-12-26)19-25-10-9-22(8-7-21-5-6-21)18-27(25)32(31)29(37)36(30(33)35-32)20-23-3-2-4-24(17-23)28-34-15-16-39-28/h2-4,9-10,15-18,21,26H,5-6,11-14,19-20H2,1H3,(H2,33,35). The van der Waals surface area contributed by atoms with Crippen LogP contribution in [-0.4, -0.2) is 35.0 Å². The number of benzene rings is 2. The van der Waals surface area contributed by atoms with Crippen molar-refractivity contribution < 1.29 is 9.53 Å². The van der Waals surface area contributed by atoms with Gasteiger partial charge in [-0.25, -0.2) is 9.98 Å². The number of thiazole rings is 1. The number of nitrogens with two attached hydrogens (primary N) is 1. The summed E-state index contributed by atoms with van der Waals surface area (Å²) in [5.74, 6) is 7.55. The molecule has 39 heavy (non-hydrogen) atoms. The van der Waals surface area contributed by atoms with Crippen molar-refractivity contribution in [2.24, 2.45) is 22.1 Å². The fraction of sp³-hybridized carbons (Fsp3) is 0.406. The van der Waals surface area contributed by atoms with Gasteiger partial charge in [0.05, 0.1) is 12.6 Å². The third-order valence-corrected chi connectivity index (χ3v) is 9.90. The van der Waals surface area contributed by atoms with Crippen LogP contribution >= 0.6 is 11.3 Å². The molecular formula is C32H32N4O2S. The van der Waals surface area contributed by atoms with Crippen LogP contribution in [-0.2, 0) is 28.0 Å². The molecule has 0 saturated heterocycles. The van der Waals surface area contributed by atoms with Gasteiger partial charge in [0.1, 0.15) is 5.01 Å². The lowest BCUT2D eigenvalue weighted by atomic mass is 9.61. The third-order valence-electron chi connectivity index (χ3n) is 9.08. The number of fused-ring (bicyclic) bond motifs is 3. The molecule has 2 aromatic carbocycles. The van der Waals surface area contributed by atoms with E-state index in [0.29, 0.717) is 18.4 Å². The van der Waals surface area contributed by atoms with Crippen molar-refractivity contribution in [1.29, 1.82) is 0 Å². The average Bonchev–Trinajstić information content (AvgIpc) is 3.45. The van der Waals surface area contributed by atoms with Gasteiger partial charge in [0.25, 0.3) is 5.91 Å². The number of rotatable bonds is 4. The van der Waals surface area contributed by atoms with Crippen molar-refractivity contribution in [3.63, 3.8) is 0 Å². The summed E-state index contributed by atoms with van der Waals surface area (Å²) >= 11 is 1.60. The van der Waals surface area contributed by atoms with Crippen LogP contribution in [0.2, 0.25) is 0 Å². The minimum absolute atomic E-state index is 0.0124. The van der Waals surface area contributed by atoms with Crippen LogP contribution in [0.25, 0.3) is 10.6 Å². The van der Waals surface area contributed by atoms with Gasteiger partial charge >= 0.3 is 0 Å². The van der Waals surface area contributed by atoms with E-state index in [4.69, 9.17) is 15.5 Å². The van der Waals surface area contributed by atoms with Gasteiger partial charge in [0, 0.05) is 41.1 Å². The molecule has 1 unspecified atom stereocenters. The normalized spacial score (nSPS) is 27.5. The Labute approximate surface area is 233 Å². The Hall–Kier alpha value is -3.47. The Morgan fingerprint density at radius 1 is 1.15 bits per heavy atom. The van der Waals surface area contributed by atoms with E-state index in [9.17, 15) is 4.79 Å². The zero-order chi connectivity index (χ0) is 26.6. The lowest BCUT2D eigenvalue weighted by Gasteiger charge is -2.45. The maximum atomic E-state index is 14.7. The van der Waals surface area contributed by atoms with Crippen molar-refractivity contribution >= 4 is 23.2 Å². The van der Waals surface area contributed by atoms with Crippen molar-refractivity contribution in [2.45, 2.75) is 63.1 Å². The smallest absolute Gasteiger partial charge is 0.262 e. The van der Waals surface area contributed by atoms with E-state index in [1.165, 1.54) is 18.4 Å². The predicted octanol–water partition coefficient (Wildman–Crippen LogP) is 5.26. The maximum absolute atomic E-state index is 14.7. The number of hydrogen-bond donors (Lipinski definition) is 1. The number of hydrogen-bond acceptors (Lipinski definition) is 6. The van der Waals surface area contributed by atoms with E-state index in [1.807, 2.05) is 29.8 Å². The van der Waals surface area contributed by atoms with Gasteiger partial charge in [-0.15, -0.1) is 11.3 Å². The van der Waals surface area contributed by atoms with E-state index >= 15 is 0 Å². The summed E-state index contributed by atoms with van der Waals surface area (Å²) in [6.07, 6.45) is 8.80. The van der Waals surface area contributed by atoms with E-state index < -0.39 is 5.54 Å². The molecule has 3 aromatic rings. The van der Waals surface area contributed by atoms with E-state index in [1.54, 1.807) is 23.3 Å². The van der Waals surface area contributed by atoms with Gasteiger partial charge in [0.2, 0.25) is 0 Å². The third kappa shape index (κ3) is 4.00. The van der Waals surface area contributed by atoms with Gasteiger partial charge < -0.3 is 10.5 Å². The first kappa shape index (κ1) is 24.6. The van der Waals surface area contributed by atoms with E-state index in [-0.39, 0.29) is 17.4 Å². The molecule has 2 heterocycles. The number of methoxy groups -OCH3 is 1. The van der Waals surface area contributed by atoms with Crippen molar-refractivity contribution in [1.82, 2.24) is 9.88 Å². The first-order valence-electron chi connectivity index (χ1n) is 13.9. The number of carbonyl (C=O) groups excluding carboxylic acids is 1. The van der Waals surface area contributed by atoms with Crippen molar-refractivity contribution in [3.8, 4) is 22.4 Å². The number of guanidine groups is 1. The van der Waals surface area contributed by atoms with Gasteiger partial charge in [0.15, 0.2) is 11.5 Å². The summed E-state index contributed by atoms with van der Waals surface area (Å²) in [5, 5.41) is 2.93. The molecule has 7 heteroatoms. The van der Waals surface area contributed by atoms with Gasteiger partial charge in [-0.3, -0.25) is 9.69 Å². The molecule has 1 aliphatic heterocycles. The zero-order valence-corrected chi connectivity index (χ0v) is 23.0. The summed E-state index contributed by atoms with van der Waals surface area (Å²) in [6, 6.07) is 14.6. The first-order chi connectivity index (χ1) is 19.0. The Morgan fingerprint density at radius 3 is 2.74 bits per heavy atom. The minimum Gasteiger partial charge on any atom is -0.381 e. The monoisotopic (exact) mass is 536 g/mol. The van der Waals surface area contributed by atoms with Crippen LogP contribution in [0.4, 0.5) is 0 Å². The number of aliphatic imine (C=N–C) groups is 1. The van der Waals surface area contributed by atoms with E-state index in [0.717, 1.165) is 59.4 Å². The molecule has 1 atom stereocenters. The number of carbonyl (C=O) groups is 1. The molecule has 6 nitrogen and oxygen atoms in total. The lowest BCUT2D eigenvalue weighted by Crippen LogP contribution is -2.52. The summed E-state index contributed by atoms with van der Waals surface area (Å²) in [5.41, 5.74) is 10.5. The van der Waals surface area contributed by atoms with Crippen LogP contribution in [0.3, 0.4) is 0 Å². The summed E-state index contributed by atoms with van der Waals surface area (Å²) < 4.78 is 5.71. The highest BCUT2D eigenvalue weighted by Gasteiger charge is 2.66. The summed E-state index contributed by atoms with van der Waals surface area (Å²) in [6.45, 7) is 0.377. The minimum atomic E-state index is -1.02. The van der Waals surface area contributed by atoms with Crippen molar-refractivity contribution in [3.05, 3.63) is 76.3 Å². The van der Waals surface area contributed by atoms with Crippen molar-refractivity contribution in [2.75, 3.05) is 7.11 Å². The molecule has 0 bridgehead atoms. The second kappa shape index (κ2) is 9.32. The molecule has 3 aliphatic carbocycles. The van der Waals surface area contributed by atoms with Crippen LogP contribution in [0.15, 0.2) is 59.0 Å². The Balaban J connectivity index is 1.28. The molecule has 4 aliphatic rings. The molecule has 0 radical (unpaired) electrons. The van der Waals surface area contributed by atoms with Crippen LogP contribution in [0.1, 0.15) is 60.8 Å². The molecule has 2 fully saturated rings. The highest BCUT2D eigenvalue weighted by Crippen LogP contribution is 2.62. The average molecular weight is 537 g/mol. The molecule has 2 spiro atoms. The molecule has 198 valence electrons. The topological polar surface area (TPSA) is 80.8 Å².